The van der Waals surface area contributed by atoms with E-state index in [2.05, 4.69) is 21.2 Å². The summed E-state index contributed by atoms with van der Waals surface area (Å²) in [4.78, 5) is 23.2. The molecule has 1 aromatic rings. The topological polar surface area (TPSA) is 92.4 Å². The second kappa shape index (κ2) is 6.37. The normalized spacial score (nSPS) is 22.3. The summed E-state index contributed by atoms with van der Waals surface area (Å²) in [5.41, 5.74) is 6.50. The van der Waals surface area contributed by atoms with E-state index in [1.165, 1.54) is 12.1 Å². The maximum Gasteiger partial charge on any atom is 0.335 e. The third-order valence-corrected chi connectivity index (χ3v) is 3.96. The first kappa shape index (κ1) is 15.0. The fourth-order valence-corrected chi connectivity index (χ4v) is 2.99. The molecule has 108 valence electrons. The molecule has 2 rings (SSSR count). The first-order valence-electron chi connectivity index (χ1n) is 6.56. The number of nitrogens with one attached hydrogen (secondary N) is 1. The van der Waals surface area contributed by atoms with E-state index < -0.39 is 5.97 Å². The highest BCUT2D eigenvalue weighted by Crippen LogP contribution is 2.26. The van der Waals surface area contributed by atoms with Crippen molar-refractivity contribution in [3.8, 4) is 0 Å². The van der Waals surface area contributed by atoms with Crippen LogP contribution in [-0.2, 0) is 4.79 Å². The van der Waals surface area contributed by atoms with Crippen molar-refractivity contribution in [2.75, 3.05) is 5.32 Å². The molecule has 2 atom stereocenters. The maximum atomic E-state index is 12.2. The molecule has 0 aliphatic heterocycles. The van der Waals surface area contributed by atoms with Gasteiger partial charge in [-0.15, -0.1) is 0 Å². The summed E-state index contributed by atoms with van der Waals surface area (Å²) < 4.78 is 0.619. The number of carbonyl (C=O) groups excluding carboxylic acids is 1. The minimum absolute atomic E-state index is 0.0802. The highest BCUT2D eigenvalue weighted by Gasteiger charge is 2.25. The average Bonchev–Trinajstić information content (AvgIpc) is 2.37. The van der Waals surface area contributed by atoms with Gasteiger partial charge in [-0.05, 0) is 37.5 Å². The molecule has 6 heteroatoms. The molecule has 20 heavy (non-hydrogen) atoms. The summed E-state index contributed by atoms with van der Waals surface area (Å²) in [5.74, 6) is -1.21. The van der Waals surface area contributed by atoms with E-state index in [4.69, 9.17) is 10.8 Å². The van der Waals surface area contributed by atoms with Crippen LogP contribution >= 0.6 is 15.9 Å². The molecule has 0 spiro atoms. The van der Waals surface area contributed by atoms with Crippen molar-refractivity contribution in [1.29, 1.82) is 0 Å². The number of amides is 1. The number of rotatable bonds is 3. The second-order valence-electron chi connectivity index (χ2n) is 5.15. The SMILES string of the molecule is NC1CCCC(C(=O)Nc2cc(Br)cc(C(=O)O)c2)C1. The number of halogens is 1. The summed E-state index contributed by atoms with van der Waals surface area (Å²) >= 11 is 3.24. The van der Waals surface area contributed by atoms with Crippen molar-refractivity contribution in [3.63, 3.8) is 0 Å². The zero-order valence-corrected chi connectivity index (χ0v) is 12.5. The second-order valence-corrected chi connectivity index (χ2v) is 6.06. The lowest BCUT2D eigenvalue weighted by Gasteiger charge is -2.25. The van der Waals surface area contributed by atoms with Crippen molar-refractivity contribution in [2.45, 2.75) is 31.7 Å². The zero-order chi connectivity index (χ0) is 14.7. The van der Waals surface area contributed by atoms with Crippen molar-refractivity contribution >= 4 is 33.5 Å². The van der Waals surface area contributed by atoms with Crippen molar-refractivity contribution < 1.29 is 14.7 Å². The first-order chi connectivity index (χ1) is 9.45. The first-order valence-corrected chi connectivity index (χ1v) is 7.35. The maximum absolute atomic E-state index is 12.2. The highest BCUT2D eigenvalue weighted by molar-refractivity contribution is 9.10. The molecule has 0 bridgehead atoms. The Balaban J connectivity index is 2.09. The van der Waals surface area contributed by atoms with Gasteiger partial charge in [0.15, 0.2) is 0 Å². The lowest BCUT2D eigenvalue weighted by atomic mass is 9.85. The molecule has 1 amide bonds. The summed E-state index contributed by atoms with van der Waals surface area (Å²) in [6.45, 7) is 0. The van der Waals surface area contributed by atoms with E-state index in [9.17, 15) is 9.59 Å². The standard InChI is InChI=1S/C14H17BrN2O3/c15-10-4-9(14(19)20)6-12(7-10)17-13(18)8-2-1-3-11(16)5-8/h4,6-8,11H,1-3,5,16H2,(H,17,18)(H,19,20). The number of aromatic carboxylic acids is 1. The average molecular weight is 341 g/mol. The van der Waals surface area contributed by atoms with Crippen LogP contribution in [0.1, 0.15) is 36.0 Å². The number of hydrogen-bond acceptors (Lipinski definition) is 3. The van der Waals surface area contributed by atoms with E-state index in [0.29, 0.717) is 16.6 Å². The van der Waals surface area contributed by atoms with Gasteiger partial charge in [0.1, 0.15) is 0 Å². The van der Waals surface area contributed by atoms with Crippen LogP contribution in [0.2, 0.25) is 0 Å². The summed E-state index contributed by atoms with van der Waals surface area (Å²) in [6.07, 6.45) is 3.44. The van der Waals surface area contributed by atoms with Crippen LogP contribution in [0.25, 0.3) is 0 Å². The summed E-state index contributed by atoms with van der Waals surface area (Å²) in [7, 11) is 0. The van der Waals surface area contributed by atoms with Gasteiger partial charge in [0, 0.05) is 22.1 Å². The molecule has 1 fully saturated rings. The molecular weight excluding hydrogens is 324 g/mol. The molecular formula is C14H17BrN2O3. The van der Waals surface area contributed by atoms with E-state index in [1.807, 2.05) is 0 Å². The van der Waals surface area contributed by atoms with Gasteiger partial charge in [-0.2, -0.15) is 0 Å². The molecule has 5 nitrogen and oxygen atoms in total. The Kier molecular flexibility index (Phi) is 4.77. The van der Waals surface area contributed by atoms with Crippen LogP contribution in [0.5, 0.6) is 0 Å². The number of carboxylic acid groups (broad SMARTS) is 1. The van der Waals surface area contributed by atoms with Gasteiger partial charge in [-0.1, -0.05) is 22.4 Å². The quantitative estimate of drug-likeness (QED) is 0.788. The predicted octanol–water partition coefficient (Wildman–Crippen LogP) is 2.60. The monoisotopic (exact) mass is 340 g/mol. The Morgan fingerprint density at radius 2 is 2.05 bits per heavy atom. The molecule has 0 aromatic heterocycles. The molecule has 1 aliphatic rings. The van der Waals surface area contributed by atoms with Gasteiger partial charge in [-0.25, -0.2) is 4.79 Å². The Hall–Kier alpha value is -1.40. The number of nitrogens with two attached hydrogens (primary N) is 1. The number of benzene rings is 1. The van der Waals surface area contributed by atoms with E-state index in [0.717, 1.165) is 19.3 Å². The number of carbonyl (C=O) groups is 2. The number of hydrogen-bond donors (Lipinski definition) is 3. The molecule has 1 aromatic carbocycles. The van der Waals surface area contributed by atoms with Gasteiger partial charge >= 0.3 is 5.97 Å². The Morgan fingerprint density at radius 3 is 2.70 bits per heavy atom. The van der Waals surface area contributed by atoms with Crippen LogP contribution < -0.4 is 11.1 Å². The Labute approximate surface area is 125 Å². The lowest BCUT2D eigenvalue weighted by molar-refractivity contribution is -0.120. The van der Waals surface area contributed by atoms with E-state index in [1.54, 1.807) is 6.07 Å². The highest BCUT2D eigenvalue weighted by atomic mass is 79.9. The Morgan fingerprint density at radius 1 is 1.30 bits per heavy atom. The fourth-order valence-electron chi connectivity index (χ4n) is 2.50. The van der Waals surface area contributed by atoms with Crippen LogP contribution in [-0.4, -0.2) is 23.0 Å². The van der Waals surface area contributed by atoms with Gasteiger partial charge in [-0.3, -0.25) is 4.79 Å². The lowest BCUT2D eigenvalue weighted by Crippen LogP contribution is -2.34. The predicted molar refractivity (Wildman–Crippen MR) is 79.7 cm³/mol. The van der Waals surface area contributed by atoms with Crippen LogP contribution in [0.3, 0.4) is 0 Å². The summed E-state index contributed by atoms with van der Waals surface area (Å²) in [6, 6.07) is 4.71. The fraction of sp³-hybridized carbons (Fsp3) is 0.429. The summed E-state index contributed by atoms with van der Waals surface area (Å²) in [5, 5.41) is 11.8. The molecule has 1 aliphatic carbocycles. The van der Waals surface area contributed by atoms with Gasteiger partial charge in [0.25, 0.3) is 0 Å². The molecule has 4 N–H and O–H groups in total. The van der Waals surface area contributed by atoms with Crippen molar-refractivity contribution in [1.82, 2.24) is 0 Å². The van der Waals surface area contributed by atoms with Crippen LogP contribution in [0, 0.1) is 5.92 Å². The molecule has 0 saturated heterocycles. The third-order valence-electron chi connectivity index (χ3n) is 3.50. The minimum Gasteiger partial charge on any atom is -0.478 e. The molecule has 1 saturated carbocycles. The minimum atomic E-state index is -1.03. The molecule has 2 unspecified atom stereocenters. The van der Waals surface area contributed by atoms with E-state index in [-0.39, 0.29) is 23.4 Å². The largest absolute Gasteiger partial charge is 0.478 e. The van der Waals surface area contributed by atoms with Crippen molar-refractivity contribution in [3.05, 3.63) is 28.2 Å². The van der Waals surface area contributed by atoms with Gasteiger partial charge in [0.2, 0.25) is 5.91 Å². The Bertz CT molecular complexity index is 533. The van der Waals surface area contributed by atoms with Gasteiger partial charge < -0.3 is 16.2 Å². The van der Waals surface area contributed by atoms with Crippen LogP contribution in [0.15, 0.2) is 22.7 Å². The molecule has 0 heterocycles. The van der Waals surface area contributed by atoms with Crippen molar-refractivity contribution in [2.24, 2.45) is 11.7 Å². The number of carboxylic acids is 1. The molecule has 0 radical (unpaired) electrons. The zero-order valence-electron chi connectivity index (χ0n) is 10.9. The van der Waals surface area contributed by atoms with E-state index >= 15 is 0 Å². The van der Waals surface area contributed by atoms with Crippen LogP contribution in [0.4, 0.5) is 5.69 Å². The van der Waals surface area contributed by atoms with Gasteiger partial charge in [0.05, 0.1) is 5.56 Å². The number of anilines is 1. The third kappa shape index (κ3) is 3.80. The smallest absolute Gasteiger partial charge is 0.335 e.